The monoisotopic (exact) mass is 333 g/mol. The second kappa shape index (κ2) is 4.53. The first-order valence-corrected chi connectivity index (χ1v) is 6.69. The molecule has 17 heavy (non-hydrogen) atoms. The third-order valence-electron chi connectivity index (χ3n) is 2.95. The molecule has 0 amide bonds. The first-order valence-electron chi connectivity index (χ1n) is 5.61. The molecule has 0 aliphatic heterocycles. The van der Waals surface area contributed by atoms with Gasteiger partial charge < -0.3 is 4.57 Å². The number of aromatic nitrogens is 1. The van der Waals surface area contributed by atoms with Crippen molar-refractivity contribution in [3.05, 3.63) is 69.9 Å². The maximum atomic E-state index is 2.33. The summed E-state index contributed by atoms with van der Waals surface area (Å²) < 4.78 is 3.57. The Bertz CT molecular complexity index is 637. The maximum absolute atomic E-state index is 2.33. The zero-order valence-corrected chi connectivity index (χ0v) is 11.5. The zero-order chi connectivity index (χ0) is 11.7. The first kappa shape index (κ1) is 10.8. The lowest BCUT2D eigenvalue weighted by atomic mass is 10.2. The average Bonchev–Trinajstić information content (AvgIpc) is 2.76. The molecule has 0 saturated heterocycles. The van der Waals surface area contributed by atoms with Gasteiger partial charge in [0.25, 0.3) is 0 Å². The molecule has 0 N–H and O–H groups in total. The van der Waals surface area contributed by atoms with Gasteiger partial charge in [-0.05, 0) is 57.8 Å². The van der Waals surface area contributed by atoms with Crippen LogP contribution in [0.4, 0.5) is 0 Å². The largest absolute Gasteiger partial charge is 0.343 e. The van der Waals surface area contributed by atoms with Crippen molar-refractivity contribution < 1.29 is 0 Å². The summed E-state index contributed by atoms with van der Waals surface area (Å²) in [5.74, 6) is 0. The molecule has 0 saturated carbocycles. The number of nitrogens with zero attached hydrogens (tertiary/aromatic N) is 1. The molecule has 0 spiro atoms. The lowest BCUT2D eigenvalue weighted by Gasteiger charge is -2.05. The predicted molar refractivity (Wildman–Crippen MR) is 80.2 cm³/mol. The SMILES string of the molecule is Ic1ccc(Cn2ccc3ccccc32)cc1. The highest BCUT2D eigenvalue weighted by Crippen LogP contribution is 2.17. The average molecular weight is 333 g/mol. The molecule has 0 fully saturated rings. The van der Waals surface area contributed by atoms with E-state index < -0.39 is 0 Å². The number of para-hydroxylation sites is 1. The molecule has 3 rings (SSSR count). The maximum Gasteiger partial charge on any atom is 0.0483 e. The van der Waals surface area contributed by atoms with Gasteiger partial charge in [0, 0.05) is 21.8 Å². The molecule has 0 unspecified atom stereocenters. The summed E-state index contributed by atoms with van der Waals surface area (Å²) in [7, 11) is 0. The summed E-state index contributed by atoms with van der Waals surface area (Å²) in [6, 6.07) is 19.4. The quantitative estimate of drug-likeness (QED) is 0.617. The molecule has 2 aromatic carbocycles. The van der Waals surface area contributed by atoms with Gasteiger partial charge in [0.1, 0.15) is 0 Å². The third kappa shape index (κ3) is 2.22. The number of fused-ring (bicyclic) bond motifs is 1. The van der Waals surface area contributed by atoms with Crippen molar-refractivity contribution in [3.8, 4) is 0 Å². The van der Waals surface area contributed by atoms with E-state index in [4.69, 9.17) is 0 Å². The van der Waals surface area contributed by atoms with Crippen molar-refractivity contribution in [2.75, 3.05) is 0 Å². The Labute approximate surface area is 114 Å². The van der Waals surface area contributed by atoms with Gasteiger partial charge in [-0.1, -0.05) is 30.3 Å². The van der Waals surface area contributed by atoms with Gasteiger partial charge in [-0.25, -0.2) is 0 Å². The van der Waals surface area contributed by atoms with Crippen LogP contribution in [0.2, 0.25) is 0 Å². The minimum Gasteiger partial charge on any atom is -0.343 e. The Morgan fingerprint density at radius 3 is 2.47 bits per heavy atom. The molecule has 1 nitrogen and oxygen atoms in total. The normalized spacial score (nSPS) is 10.9. The molecule has 1 heterocycles. The van der Waals surface area contributed by atoms with Crippen LogP contribution in [-0.4, -0.2) is 4.57 Å². The fourth-order valence-electron chi connectivity index (χ4n) is 2.06. The smallest absolute Gasteiger partial charge is 0.0483 e. The highest BCUT2D eigenvalue weighted by atomic mass is 127. The first-order chi connectivity index (χ1) is 8.33. The number of hydrogen-bond acceptors (Lipinski definition) is 0. The van der Waals surface area contributed by atoms with Crippen LogP contribution in [0.15, 0.2) is 60.8 Å². The second-order valence-corrected chi connectivity index (χ2v) is 5.37. The molecule has 0 radical (unpaired) electrons. The van der Waals surface area contributed by atoms with E-state index in [-0.39, 0.29) is 0 Å². The third-order valence-corrected chi connectivity index (χ3v) is 3.67. The van der Waals surface area contributed by atoms with E-state index in [1.165, 1.54) is 20.0 Å². The Morgan fingerprint density at radius 2 is 1.65 bits per heavy atom. The lowest BCUT2D eigenvalue weighted by molar-refractivity contribution is 0.837. The van der Waals surface area contributed by atoms with Gasteiger partial charge in [0.15, 0.2) is 0 Å². The highest BCUT2D eigenvalue weighted by Gasteiger charge is 2.00. The molecule has 0 aliphatic carbocycles. The van der Waals surface area contributed by atoms with Crippen LogP contribution in [0.1, 0.15) is 5.56 Å². The van der Waals surface area contributed by atoms with Crippen molar-refractivity contribution in [1.82, 2.24) is 4.57 Å². The molecular formula is C15H12IN. The molecular weight excluding hydrogens is 321 g/mol. The number of benzene rings is 2. The highest BCUT2D eigenvalue weighted by molar-refractivity contribution is 14.1. The van der Waals surface area contributed by atoms with Crippen molar-refractivity contribution in [3.63, 3.8) is 0 Å². The Kier molecular flexibility index (Phi) is 2.89. The predicted octanol–water partition coefficient (Wildman–Crippen LogP) is 4.29. The summed E-state index contributed by atoms with van der Waals surface area (Å²) in [6.07, 6.45) is 2.16. The van der Waals surface area contributed by atoms with Crippen LogP contribution < -0.4 is 0 Å². The van der Waals surface area contributed by atoms with Crippen molar-refractivity contribution in [1.29, 1.82) is 0 Å². The van der Waals surface area contributed by atoms with E-state index in [1.54, 1.807) is 0 Å². The zero-order valence-electron chi connectivity index (χ0n) is 9.31. The summed E-state index contributed by atoms with van der Waals surface area (Å²) >= 11 is 2.33. The van der Waals surface area contributed by atoms with Crippen molar-refractivity contribution in [2.45, 2.75) is 6.54 Å². The molecule has 0 aliphatic rings. The molecule has 0 atom stereocenters. The summed E-state index contributed by atoms with van der Waals surface area (Å²) in [6.45, 7) is 0.935. The van der Waals surface area contributed by atoms with Gasteiger partial charge in [0.2, 0.25) is 0 Å². The molecule has 84 valence electrons. The lowest BCUT2D eigenvalue weighted by Crippen LogP contribution is -1.97. The second-order valence-electron chi connectivity index (χ2n) is 4.13. The number of hydrogen-bond donors (Lipinski definition) is 0. The van der Waals surface area contributed by atoms with Crippen LogP contribution in [0.5, 0.6) is 0 Å². The van der Waals surface area contributed by atoms with E-state index in [1.807, 2.05) is 0 Å². The molecule has 1 aromatic heterocycles. The van der Waals surface area contributed by atoms with Crippen LogP contribution in [-0.2, 0) is 6.54 Å². The fourth-order valence-corrected chi connectivity index (χ4v) is 2.42. The van der Waals surface area contributed by atoms with Gasteiger partial charge in [0.05, 0.1) is 0 Å². The van der Waals surface area contributed by atoms with Crippen LogP contribution in [0.25, 0.3) is 10.9 Å². The number of halogens is 1. The summed E-state index contributed by atoms with van der Waals surface area (Å²) in [5, 5.41) is 1.30. The Hall–Kier alpha value is -1.29. The van der Waals surface area contributed by atoms with E-state index in [0.717, 1.165) is 6.54 Å². The van der Waals surface area contributed by atoms with Gasteiger partial charge in [-0.15, -0.1) is 0 Å². The van der Waals surface area contributed by atoms with E-state index >= 15 is 0 Å². The van der Waals surface area contributed by atoms with Gasteiger partial charge in [-0.2, -0.15) is 0 Å². The van der Waals surface area contributed by atoms with E-state index in [9.17, 15) is 0 Å². The van der Waals surface area contributed by atoms with Crippen LogP contribution in [0.3, 0.4) is 0 Å². The Balaban J connectivity index is 1.97. The van der Waals surface area contributed by atoms with E-state index in [0.29, 0.717) is 0 Å². The van der Waals surface area contributed by atoms with Crippen molar-refractivity contribution in [2.24, 2.45) is 0 Å². The van der Waals surface area contributed by atoms with Crippen LogP contribution in [0, 0.1) is 3.57 Å². The Morgan fingerprint density at radius 1 is 0.882 bits per heavy atom. The van der Waals surface area contributed by atoms with Crippen LogP contribution >= 0.6 is 22.6 Å². The van der Waals surface area contributed by atoms with E-state index in [2.05, 4.69) is 88.0 Å². The summed E-state index contributed by atoms with van der Waals surface area (Å²) in [5.41, 5.74) is 2.64. The minimum absolute atomic E-state index is 0.935. The topological polar surface area (TPSA) is 4.93 Å². The molecule has 2 heteroatoms. The van der Waals surface area contributed by atoms with Crippen molar-refractivity contribution >= 4 is 33.5 Å². The minimum atomic E-state index is 0.935. The van der Waals surface area contributed by atoms with Gasteiger partial charge >= 0.3 is 0 Å². The molecule has 0 bridgehead atoms. The number of rotatable bonds is 2. The fraction of sp³-hybridized carbons (Fsp3) is 0.0667. The standard InChI is InChI=1S/C15H12IN/c16-14-7-5-12(6-8-14)11-17-10-9-13-3-1-2-4-15(13)17/h1-10H,11H2. The van der Waals surface area contributed by atoms with Gasteiger partial charge in [-0.3, -0.25) is 0 Å². The summed E-state index contributed by atoms with van der Waals surface area (Å²) in [4.78, 5) is 0. The molecule has 3 aromatic rings.